The summed E-state index contributed by atoms with van der Waals surface area (Å²) in [6.07, 6.45) is 9.71. The molecule has 7 nitrogen and oxygen atoms in total. The summed E-state index contributed by atoms with van der Waals surface area (Å²) in [4.78, 5) is 28.9. The lowest BCUT2D eigenvalue weighted by Gasteiger charge is -2.31. The van der Waals surface area contributed by atoms with E-state index in [4.69, 9.17) is 14.2 Å². The number of amides is 2. The molecule has 33 heavy (non-hydrogen) atoms. The highest BCUT2D eigenvalue weighted by molar-refractivity contribution is 8.00. The highest BCUT2D eigenvalue weighted by atomic mass is 32.2. The molecule has 1 saturated heterocycles. The number of ether oxygens (including phenoxy) is 3. The maximum absolute atomic E-state index is 13.8. The number of hydrogen-bond donors (Lipinski definition) is 1. The number of carbonyl (C=O) groups is 2. The van der Waals surface area contributed by atoms with Crippen molar-refractivity contribution in [1.82, 2.24) is 10.2 Å². The number of rotatable bonds is 10. The fourth-order valence-corrected chi connectivity index (χ4v) is 6.18. The van der Waals surface area contributed by atoms with Gasteiger partial charge >= 0.3 is 0 Å². The predicted molar refractivity (Wildman–Crippen MR) is 131 cm³/mol. The Labute approximate surface area is 201 Å². The molecule has 3 rings (SSSR count). The molecule has 2 fully saturated rings. The van der Waals surface area contributed by atoms with Crippen LogP contribution >= 0.6 is 11.8 Å². The van der Waals surface area contributed by atoms with E-state index >= 15 is 0 Å². The van der Waals surface area contributed by atoms with Crippen molar-refractivity contribution < 1.29 is 23.8 Å². The fourth-order valence-electron chi connectivity index (χ4n) is 4.73. The summed E-state index contributed by atoms with van der Waals surface area (Å²) in [5.74, 6) is 1.71. The number of benzene rings is 1. The van der Waals surface area contributed by atoms with Gasteiger partial charge in [0.05, 0.1) is 26.7 Å². The average molecular weight is 479 g/mol. The summed E-state index contributed by atoms with van der Waals surface area (Å²) in [5.41, 5.74) is 0.433. The second-order valence-electron chi connectivity index (χ2n) is 8.77. The minimum Gasteiger partial charge on any atom is -0.493 e. The first kappa shape index (κ1) is 25.5. The van der Waals surface area contributed by atoms with Crippen molar-refractivity contribution in [2.75, 3.05) is 27.1 Å². The van der Waals surface area contributed by atoms with Crippen LogP contribution in [0.2, 0.25) is 0 Å². The van der Waals surface area contributed by atoms with Crippen molar-refractivity contribution in [3.05, 3.63) is 17.7 Å². The largest absolute Gasteiger partial charge is 0.493 e. The quantitative estimate of drug-likeness (QED) is 0.494. The lowest BCUT2D eigenvalue weighted by atomic mass is 9.95. The van der Waals surface area contributed by atoms with Crippen LogP contribution in [0.15, 0.2) is 12.1 Å². The minimum absolute atomic E-state index is 0.0229. The van der Waals surface area contributed by atoms with Crippen molar-refractivity contribution >= 4 is 23.6 Å². The van der Waals surface area contributed by atoms with Gasteiger partial charge in [0, 0.05) is 17.4 Å². The third-order valence-electron chi connectivity index (χ3n) is 6.55. The van der Waals surface area contributed by atoms with Gasteiger partial charge in [-0.1, -0.05) is 45.4 Å². The zero-order chi connectivity index (χ0) is 23.8. The molecule has 1 N–H and O–H groups in total. The van der Waals surface area contributed by atoms with E-state index in [0.717, 1.165) is 51.4 Å². The molecule has 8 heteroatoms. The summed E-state index contributed by atoms with van der Waals surface area (Å²) in [6, 6.07) is 3.08. The highest BCUT2D eigenvalue weighted by Gasteiger charge is 2.42. The lowest BCUT2D eigenvalue weighted by Crippen LogP contribution is -2.52. The normalized spacial score (nSPS) is 21.0. The Kier molecular flexibility index (Phi) is 9.59. The van der Waals surface area contributed by atoms with E-state index in [1.54, 1.807) is 28.8 Å². The van der Waals surface area contributed by atoms with Gasteiger partial charge in [0.25, 0.3) is 5.91 Å². The first-order chi connectivity index (χ1) is 16.0. The van der Waals surface area contributed by atoms with E-state index in [9.17, 15) is 9.59 Å². The van der Waals surface area contributed by atoms with Gasteiger partial charge < -0.3 is 24.4 Å². The number of carbonyl (C=O) groups excluding carboxylic acids is 2. The second-order valence-corrected chi connectivity index (χ2v) is 9.98. The Bertz CT molecular complexity index is 787. The fraction of sp³-hybridized carbons (Fsp3) is 0.680. The van der Waals surface area contributed by atoms with Gasteiger partial charge in [-0.15, -0.1) is 11.8 Å². The molecule has 0 radical (unpaired) electrons. The SMILES string of the molecule is CCCCCC1SCC(C(=O)NC2CCCCC2)N1C(=O)c1cc(OC)c(OC)c(OC)c1. The van der Waals surface area contributed by atoms with E-state index in [-0.39, 0.29) is 23.2 Å². The van der Waals surface area contributed by atoms with E-state index in [1.807, 2.05) is 0 Å². The van der Waals surface area contributed by atoms with E-state index < -0.39 is 6.04 Å². The second kappa shape index (κ2) is 12.4. The molecule has 0 spiro atoms. The van der Waals surface area contributed by atoms with E-state index in [0.29, 0.717) is 28.6 Å². The van der Waals surface area contributed by atoms with Crippen molar-refractivity contribution in [3.63, 3.8) is 0 Å². The van der Waals surface area contributed by atoms with Gasteiger partial charge in [-0.3, -0.25) is 9.59 Å². The summed E-state index contributed by atoms with van der Waals surface area (Å²) < 4.78 is 16.3. The van der Waals surface area contributed by atoms with Gasteiger partial charge in [-0.05, 0) is 31.4 Å². The molecule has 1 aromatic rings. The molecule has 0 aromatic heterocycles. The maximum atomic E-state index is 13.8. The van der Waals surface area contributed by atoms with Gasteiger partial charge in [0.2, 0.25) is 11.7 Å². The van der Waals surface area contributed by atoms with Crippen LogP contribution in [0, 0.1) is 0 Å². The number of thioether (sulfide) groups is 1. The number of methoxy groups -OCH3 is 3. The van der Waals surface area contributed by atoms with Gasteiger partial charge in [0.1, 0.15) is 6.04 Å². The van der Waals surface area contributed by atoms with Crippen molar-refractivity contribution in [2.45, 2.75) is 82.2 Å². The van der Waals surface area contributed by atoms with Crippen LogP contribution in [-0.4, -0.2) is 61.3 Å². The summed E-state index contributed by atoms with van der Waals surface area (Å²) in [6.45, 7) is 2.17. The Hall–Kier alpha value is -2.09. The number of nitrogens with zero attached hydrogens (tertiary/aromatic N) is 1. The summed E-state index contributed by atoms with van der Waals surface area (Å²) >= 11 is 1.71. The highest BCUT2D eigenvalue weighted by Crippen LogP contribution is 2.40. The van der Waals surface area contributed by atoms with Crippen molar-refractivity contribution in [3.8, 4) is 17.2 Å². The Balaban J connectivity index is 1.87. The third-order valence-corrected chi connectivity index (χ3v) is 7.90. The zero-order valence-electron chi connectivity index (χ0n) is 20.4. The minimum atomic E-state index is -0.477. The lowest BCUT2D eigenvalue weighted by molar-refractivity contribution is -0.125. The molecule has 2 atom stereocenters. The first-order valence-electron chi connectivity index (χ1n) is 12.1. The summed E-state index contributed by atoms with van der Waals surface area (Å²) in [7, 11) is 4.60. The van der Waals surface area contributed by atoms with Crippen LogP contribution in [0.5, 0.6) is 17.2 Å². The van der Waals surface area contributed by atoms with Crippen LogP contribution in [0.1, 0.15) is 75.1 Å². The predicted octanol–water partition coefficient (Wildman–Crippen LogP) is 4.63. The molecule has 1 aliphatic carbocycles. The Morgan fingerprint density at radius 2 is 1.70 bits per heavy atom. The van der Waals surface area contributed by atoms with Gasteiger partial charge in [-0.2, -0.15) is 0 Å². The van der Waals surface area contributed by atoms with E-state index in [2.05, 4.69) is 12.2 Å². The van der Waals surface area contributed by atoms with Crippen molar-refractivity contribution in [2.24, 2.45) is 0 Å². The molecular formula is C25H38N2O5S. The molecule has 2 unspecified atom stereocenters. The first-order valence-corrected chi connectivity index (χ1v) is 13.1. The summed E-state index contributed by atoms with van der Waals surface area (Å²) in [5, 5.41) is 3.21. The number of hydrogen-bond acceptors (Lipinski definition) is 6. The number of nitrogens with one attached hydrogen (secondary N) is 1. The standard InChI is InChI=1S/C25H38N2O5S/c1-5-6-8-13-22-27(19(16-33-22)24(28)26-18-11-9-7-10-12-18)25(29)17-14-20(30-2)23(32-4)21(15-17)31-3/h14-15,18-19,22H,5-13,16H2,1-4H3,(H,26,28). The molecule has 2 amide bonds. The molecule has 1 aliphatic heterocycles. The van der Waals surface area contributed by atoms with Crippen LogP contribution in [0.25, 0.3) is 0 Å². The monoisotopic (exact) mass is 478 g/mol. The number of unbranched alkanes of at least 4 members (excludes halogenated alkanes) is 2. The molecule has 0 bridgehead atoms. The molecule has 184 valence electrons. The van der Waals surface area contributed by atoms with E-state index in [1.165, 1.54) is 27.8 Å². The van der Waals surface area contributed by atoms with Gasteiger partial charge in [0.15, 0.2) is 11.5 Å². The molecule has 1 heterocycles. The van der Waals surface area contributed by atoms with Gasteiger partial charge in [-0.25, -0.2) is 0 Å². The average Bonchev–Trinajstić information content (AvgIpc) is 3.27. The molecular weight excluding hydrogens is 440 g/mol. The third kappa shape index (κ3) is 6.08. The van der Waals surface area contributed by atoms with Crippen LogP contribution in [-0.2, 0) is 4.79 Å². The van der Waals surface area contributed by atoms with Crippen LogP contribution in [0.3, 0.4) is 0 Å². The Morgan fingerprint density at radius 3 is 2.27 bits per heavy atom. The topological polar surface area (TPSA) is 77.1 Å². The maximum Gasteiger partial charge on any atom is 0.255 e. The molecule has 1 saturated carbocycles. The van der Waals surface area contributed by atoms with Crippen molar-refractivity contribution in [1.29, 1.82) is 0 Å². The Morgan fingerprint density at radius 1 is 1.03 bits per heavy atom. The smallest absolute Gasteiger partial charge is 0.255 e. The van der Waals surface area contributed by atoms with Crippen LogP contribution in [0.4, 0.5) is 0 Å². The molecule has 1 aromatic carbocycles. The molecule has 2 aliphatic rings. The zero-order valence-corrected chi connectivity index (χ0v) is 21.2. The van der Waals surface area contributed by atoms with Crippen LogP contribution < -0.4 is 19.5 Å².